The molecule has 3 rings (SSSR count). The van der Waals surface area contributed by atoms with Gasteiger partial charge in [-0.2, -0.15) is 0 Å². The summed E-state index contributed by atoms with van der Waals surface area (Å²) >= 11 is 5.88. The Morgan fingerprint density at radius 1 is 1.10 bits per heavy atom. The smallest absolute Gasteiger partial charge is 0.224 e. The monoisotopic (exact) mass is 428 g/mol. The van der Waals surface area contributed by atoms with E-state index in [0.717, 1.165) is 29.7 Å². The minimum Gasteiger partial charge on any atom is -0.493 e. The van der Waals surface area contributed by atoms with E-state index >= 15 is 0 Å². The average molecular weight is 429 g/mol. The highest BCUT2D eigenvalue weighted by atomic mass is 35.5. The first-order valence-electron chi connectivity index (χ1n) is 10.5. The Kier molecular flexibility index (Phi) is 8.14. The summed E-state index contributed by atoms with van der Waals surface area (Å²) in [5.41, 5.74) is 2.04. The van der Waals surface area contributed by atoms with E-state index in [-0.39, 0.29) is 17.9 Å². The Labute approximate surface area is 183 Å². The van der Waals surface area contributed by atoms with Crippen LogP contribution >= 0.6 is 11.6 Å². The number of likely N-dealkylation sites (tertiary alicyclic amines) is 1. The molecule has 2 amide bonds. The maximum Gasteiger partial charge on any atom is 0.224 e. The average Bonchev–Trinajstić information content (AvgIpc) is 2.74. The van der Waals surface area contributed by atoms with Crippen LogP contribution in [-0.2, 0) is 16.0 Å². The van der Waals surface area contributed by atoms with E-state index in [0.29, 0.717) is 44.0 Å². The Balaban J connectivity index is 1.32. The lowest BCUT2D eigenvalue weighted by atomic mass is 10.0. The molecule has 0 bridgehead atoms. The summed E-state index contributed by atoms with van der Waals surface area (Å²) in [6, 6.07) is 15.3. The predicted molar refractivity (Wildman–Crippen MR) is 119 cm³/mol. The first-order chi connectivity index (χ1) is 14.5. The van der Waals surface area contributed by atoms with Crippen molar-refractivity contribution in [2.45, 2.75) is 45.1 Å². The largest absolute Gasteiger partial charge is 0.493 e. The quantitative estimate of drug-likeness (QED) is 0.642. The van der Waals surface area contributed by atoms with Gasteiger partial charge in [-0.1, -0.05) is 41.9 Å². The molecule has 0 saturated carbocycles. The maximum atomic E-state index is 12.4. The summed E-state index contributed by atoms with van der Waals surface area (Å²) in [6.45, 7) is 3.92. The van der Waals surface area contributed by atoms with Crippen molar-refractivity contribution in [3.8, 4) is 5.75 Å². The van der Waals surface area contributed by atoms with Gasteiger partial charge < -0.3 is 15.0 Å². The van der Waals surface area contributed by atoms with E-state index in [1.165, 1.54) is 0 Å². The fraction of sp³-hybridized carbons (Fsp3) is 0.417. The van der Waals surface area contributed by atoms with Crippen molar-refractivity contribution in [3.05, 3.63) is 64.7 Å². The summed E-state index contributed by atoms with van der Waals surface area (Å²) in [7, 11) is 0. The van der Waals surface area contributed by atoms with Crippen LogP contribution in [0.25, 0.3) is 0 Å². The molecule has 6 heteroatoms. The zero-order chi connectivity index (χ0) is 21.3. The van der Waals surface area contributed by atoms with Crippen LogP contribution in [0.1, 0.15) is 36.8 Å². The third kappa shape index (κ3) is 6.77. The molecule has 1 aliphatic rings. The fourth-order valence-corrected chi connectivity index (χ4v) is 3.75. The van der Waals surface area contributed by atoms with Crippen molar-refractivity contribution >= 4 is 23.4 Å². The molecular formula is C24H29ClN2O3. The Hall–Kier alpha value is -2.53. The van der Waals surface area contributed by atoms with Gasteiger partial charge in [-0.25, -0.2) is 0 Å². The second-order valence-electron chi connectivity index (χ2n) is 7.74. The minimum absolute atomic E-state index is 0.00968. The molecule has 0 aromatic heterocycles. The SMILES string of the molecule is Cc1ccccc1OCCCC(=O)N1CCC(NC(=O)Cc2ccc(Cl)cc2)CC1. The van der Waals surface area contributed by atoms with Gasteiger partial charge in [0.1, 0.15) is 5.75 Å². The van der Waals surface area contributed by atoms with Crippen molar-refractivity contribution in [3.63, 3.8) is 0 Å². The number of amides is 2. The lowest BCUT2D eigenvalue weighted by Gasteiger charge is -2.32. The molecule has 1 heterocycles. The van der Waals surface area contributed by atoms with E-state index in [9.17, 15) is 9.59 Å². The van der Waals surface area contributed by atoms with Crippen molar-refractivity contribution in [1.82, 2.24) is 10.2 Å². The zero-order valence-electron chi connectivity index (χ0n) is 17.4. The predicted octanol–water partition coefficient (Wildman–Crippen LogP) is 4.16. The number of carbonyl (C=O) groups excluding carboxylic acids is 2. The second kappa shape index (κ2) is 11.0. The minimum atomic E-state index is 0.00968. The molecule has 5 nitrogen and oxygen atoms in total. The number of nitrogens with zero attached hydrogens (tertiary/aromatic N) is 1. The first kappa shape index (κ1) is 22.2. The molecule has 0 aliphatic carbocycles. The standard InChI is InChI=1S/C24H29ClN2O3/c1-18-5-2-3-6-22(18)30-16-4-7-24(29)27-14-12-21(13-15-27)26-23(28)17-19-8-10-20(25)11-9-19/h2-3,5-6,8-11,21H,4,7,12-17H2,1H3,(H,26,28). The Morgan fingerprint density at radius 3 is 2.50 bits per heavy atom. The number of aryl methyl sites for hydroxylation is 1. The van der Waals surface area contributed by atoms with Gasteiger partial charge in [0.15, 0.2) is 0 Å². The van der Waals surface area contributed by atoms with E-state index in [2.05, 4.69) is 5.32 Å². The number of hydrogen-bond acceptors (Lipinski definition) is 3. The molecule has 160 valence electrons. The number of carbonyl (C=O) groups is 2. The Bertz CT molecular complexity index is 846. The highest BCUT2D eigenvalue weighted by Gasteiger charge is 2.23. The molecule has 2 aromatic rings. The number of nitrogens with one attached hydrogen (secondary N) is 1. The van der Waals surface area contributed by atoms with Crippen LogP contribution < -0.4 is 10.1 Å². The molecule has 0 spiro atoms. The second-order valence-corrected chi connectivity index (χ2v) is 8.18. The van der Waals surface area contributed by atoms with Gasteiger partial charge >= 0.3 is 0 Å². The van der Waals surface area contributed by atoms with Gasteiger partial charge in [0.2, 0.25) is 11.8 Å². The van der Waals surface area contributed by atoms with Crippen LogP contribution in [0, 0.1) is 6.92 Å². The number of halogens is 1. The summed E-state index contributed by atoms with van der Waals surface area (Å²) < 4.78 is 5.77. The van der Waals surface area contributed by atoms with Gasteiger partial charge in [-0.3, -0.25) is 9.59 Å². The van der Waals surface area contributed by atoms with Crippen LogP contribution in [-0.4, -0.2) is 42.5 Å². The number of rotatable bonds is 8. The van der Waals surface area contributed by atoms with Crippen molar-refractivity contribution in [2.24, 2.45) is 0 Å². The molecule has 1 N–H and O–H groups in total. The van der Waals surface area contributed by atoms with Crippen LogP contribution in [0.4, 0.5) is 0 Å². The first-order valence-corrected chi connectivity index (χ1v) is 10.9. The lowest BCUT2D eigenvalue weighted by molar-refractivity contribution is -0.132. The van der Waals surface area contributed by atoms with Crippen LogP contribution in [0.15, 0.2) is 48.5 Å². The third-order valence-electron chi connectivity index (χ3n) is 5.38. The topological polar surface area (TPSA) is 58.6 Å². The molecule has 0 atom stereocenters. The number of hydrogen-bond donors (Lipinski definition) is 1. The molecule has 1 saturated heterocycles. The van der Waals surface area contributed by atoms with Gasteiger partial charge in [0.05, 0.1) is 13.0 Å². The molecule has 0 unspecified atom stereocenters. The Morgan fingerprint density at radius 2 is 1.80 bits per heavy atom. The highest BCUT2D eigenvalue weighted by Crippen LogP contribution is 2.17. The van der Waals surface area contributed by atoms with E-state index in [1.807, 2.05) is 48.2 Å². The number of ether oxygens (including phenoxy) is 1. The number of piperidine rings is 1. The summed E-state index contributed by atoms with van der Waals surface area (Å²) in [6.07, 6.45) is 3.11. The van der Waals surface area contributed by atoms with Crippen LogP contribution in [0.5, 0.6) is 5.75 Å². The molecule has 0 radical (unpaired) electrons. The van der Waals surface area contributed by atoms with Crippen molar-refractivity contribution in [1.29, 1.82) is 0 Å². The maximum absolute atomic E-state index is 12.4. The summed E-state index contributed by atoms with van der Waals surface area (Å²) in [4.78, 5) is 26.6. The van der Waals surface area contributed by atoms with Crippen LogP contribution in [0.3, 0.4) is 0 Å². The van der Waals surface area contributed by atoms with E-state index in [1.54, 1.807) is 12.1 Å². The van der Waals surface area contributed by atoms with E-state index < -0.39 is 0 Å². The van der Waals surface area contributed by atoms with Gasteiger partial charge in [0.25, 0.3) is 0 Å². The lowest BCUT2D eigenvalue weighted by Crippen LogP contribution is -2.46. The number of benzene rings is 2. The van der Waals surface area contributed by atoms with Gasteiger partial charge in [-0.15, -0.1) is 0 Å². The van der Waals surface area contributed by atoms with Crippen LogP contribution in [0.2, 0.25) is 5.02 Å². The van der Waals surface area contributed by atoms with Gasteiger partial charge in [-0.05, 0) is 55.5 Å². The summed E-state index contributed by atoms with van der Waals surface area (Å²) in [5, 5.41) is 3.75. The molecule has 30 heavy (non-hydrogen) atoms. The molecule has 2 aromatic carbocycles. The van der Waals surface area contributed by atoms with Crippen molar-refractivity contribution in [2.75, 3.05) is 19.7 Å². The normalized spacial score (nSPS) is 14.4. The zero-order valence-corrected chi connectivity index (χ0v) is 18.2. The summed E-state index contributed by atoms with van der Waals surface area (Å²) in [5.74, 6) is 1.05. The molecule has 1 fully saturated rings. The van der Waals surface area contributed by atoms with Crippen molar-refractivity contribution < 1.29 is 14.3 Å². The van der Waals surface area contributed by atoms with Gasteiger partial charge in [0, 0.05) is 30.6 Å². The highest BCUT2D eigenvalue weighted by molar-refractivity contribution is 6.30. The third-order valence-corrected chi connectivity index (χ3v) is 5.63. The fourth-order valence-electron chi connectivity index (χ4n) is 3.62. The van der Waals surface area contributed by atoms with E-state index in [4.69, 9.17) is 16.3 Å². The molecular weight excluding hydrogens is 400 g/mol. The number of para-hydroxylation sites is 1. The molecule has 1 aliphatic heterocycles.